The Morgan fingerprint density at radius 3 is 1.86 bits per heavy atom. The molecule has 0 saturated carbocycles. The lowest BCUT2D eigenvalue weighted by atomic mass is 9.90. The predicted molar refractivity (Wildman–Crippen MR) is 237 cm³/mol. The minimum absolute atomic E-state index is 0.00129. The topological polar surface area (TPSA) is 174 Å². The molecule has 3 heterocycles. The number of nitrogens with zero attached hydrogens (tertiary/aromatic N) is 5. The fourth-order valence-corrected chi connectivity index (χ4v) is 7.55. The average Bonchev–Trinajstić information content (AvgIpc) is 3.79. The van der Waals surface area contributed by atoms with Crippen LogP contribution < -0.4 is 25.6 Å². The zero-order chi connectivity index (χ0) is 44.6. The van der Waals surface area contributed by atoms with Gasteiger partial charge in [0.2, 0.25) is 11.8 Å². The van der Waals surface area contributed by atoms with Gasteiger partial charge in [0.25, 0.3) is 5.91 Å². The number of carbonyl (C=O) groups is 2. The van der Waals surface area contributed by atoms with Gasteiger partial charge in [-0.3, -0.25) is 4.79 Å². The molecule has 0 radical (unpaired) electrons. The van der Waals surface area contributed by atoms with E-state index in [1.807, 2.05) is 84.6 Å². The number of aromatic amines is 1. The molecule has 6 aromatic carbocycles. The number of carboxylic acid groups (broad SMARTS) is 1. The van der Waals surface area contributed by atoms with Crippen molar-refractivity contribution in [2.24, 2.45) is 0 Å². The Hall–Kier alpha value is -8.53. The van der Waals surface area contributed by atoms with Crippen molar-refractivity contribution in [1.82, 2.24) is 25.3 Å². The van der Waals surface area contributed by atoms with Gasteiger partial charge in [0.15, 0.2) is 22.8 Å². The molecule has 0 unspecified atom stereocenters. The second kappa shape index (κ2) is 16.7. The molecule has 0 aliphatic heterocycles. The molecule has 0 aliphatic rings. The standard InChI is InChI=1S/C48H35F3N8O5/c1-58(28-9-5-3-6-10-28)30-17-19-32-34(21-30)64-35-22-31(59(2)29-11-7-4-8-12-29)18-20-33(35)36(32)37-38(47(61)62)41(50)42(51)39(40(37)49)45(60)53-23-26-13-15-27(16-14-26)24-63-46-43-44(55-25-54-43)56-48(52)57-46/h3-22,25H,23-24H2,1-2H3,(H4-,52,53,54,55,56,57,60,61,62)/p+1. The van der Waals surface area contributed by atoms with E-state index in [9.17, 15) is 14.7 Å². The maximum absolute atomic E-state index is 17.3. The van der Waals surface area contributed by atoms with Crippen molar-refractivity contribution in [1.29, 1.82) is 0 Å². The summed E-state index contributed by atoms with van der Waals surface area (Å²) in [4.78, 5) is 45.6. The first kappa shape index (κ1) is 40.9. The molecule has 0 spiro atoms. The first-order valence-corrected chi connectivity index (χ1v) is 19.8. The number of nitrogens with one attached hydrogen (secondary N) is 2. The van der Waals surface area contributed by atoms with E-state index < -0.39 is 46.0 Å². The Labute approximate surface area is 362 Å². The van der Waals surface area contributed by atoms with Gasteiger partial charge >= 0.3 is 17.1 Å². The minimum atomic E-state index is -1.95. The number of carboxylic acids is 1. The summed E-state index contributed by atoms with van der Waals surface area (Å²) in [5, 5.41) is 13.2. The van der Waals surface area contributed by atoms with Crippen LogP contribution in [0.15, 0.2) is 132 Å². The number of H-pyrrole nitrogens is 1. The van der Waals surface area contributed by atoms with E-state index >= 15 is 13.2 Å². The molecule has 9 rings (SSSR count). The van der Waals surface area contributed by atoms with Crippen molar-refractivity contribution in [3.63, 3.8) is 0 Å². The highest BCUT2D eigenvalue weighted by molar-refractivity contribution is 6.14. The molecule has 13 nitrogen and oxygen atoms in total. The number of benzene rings is 6. The van der Waals surface area contributed by atoms with Gasteiger partial charge in [0.1, 0.15) is 23.6 Å². The highest BCUT2D eigenvalue weighted by Gasteiger charge is 2.36. The van der Waals surface area contributed by atoms with E-state index in [4.69, 9.17) is 14.9 Å². The van der Waals surface area contributed by atoms with E-state index in [-0.39, 0.29) is 52.5 Å². The van der Waals surface area contributed by atoms with E-state index in [2.05, 4.69) is 25.3 Å². The Balaban J connectivity index is 1.10. The number of carbonyl (C=O) groups excluding carboxylic acids is 1. The van der Waals surface area contributed by atoms with Crippen molar-refractivity contribution in [3.8, 4) is 17.0 Å². The van der Waals surface area contributed by atoms with Crippen LogP contribution in [-0.2, 0) is 13.2 Å². The lowest BCUT2D eigenvalue weighted by molar-refractivity contribution is 0.0689. The summed E-state index contributed by atoms with van der Waals surface area (Å²) in [7, 11) is 3.68. The average molecular weight is 862 g/mol. The van der Waals surface area contributed by atoms with Gasteiger partial charge in [-0.1, -0.05) is 60.7 Å². The molecule has 0 saturated heterocycles. The molecule has 1 amide bonds. The molecule has 64 heavy (non-hydrogen) atoms. The summed E-state index contributed by atoms with van der Waals surface area (Å²) in [6.45, 7) is -0.149. The van der Waals surface area contributed by atoms with Crippen LogP contribution in [0.1, 0.15) is 31.8 Å². The van der Waals surface area contributed by atoms with Crippen LogP contribution in [-0.4, -0.2) is 51.0 Å². The van der Waals surface area contributed by atoms with Gasteiger partial charge in [0.05, 0.1) is 40.6 Å². The number of nitrogen functional groups attached to an aromatic ring is 1. The van der Waals surface area contributed by atoms with E-state index in [0.29, 0.717) is 33.7 Å². The minimum Gasteiger partial charge on any atom is -0.478 e. The summed E-state index contributed by atoms with van der Waals surface area (Å²) in [6.07, 6.45) is 1.44. The molecule has 0 bridgehead atoms. The van der Waals surface area contributed by atoms with Gasteiger partial charge in [-0.25, -0.2) is 27.4 Å². The van der Waals surface area contributed by atoms with Gasteiger partial charge < -0.3 is 35.7 Å². The molecule has 16 heteroatoms. The molecule has 9 aromatic rings. The Morgan fingerprint density at radius 1 is 0.719 bits per heavy atom. The van der Waals surface area contributed by atoms with E-state index in [0.717, 1.165) is 11.4 Å². The Bertz CT molecular complexity index is 3160. The lowest BCUT2D eigenvalue weighted by Crippen LogP contribution is -2.27. The second-order valence-corrected chi connectivity index (χ2v) is 14.8. The normalized spacial score (nSPS) is 11.3. The number of nitrogens with two attached hydrogens (primary N) is 1. The number of anilines is 5. The van der Waals surface area contributed by atoms with E-state index in [1.165, 1.54) is 6.33 Å². The second-order valence-electron chi connectivity index (χ2n) is 14.8. The van der Waals surface area contributed by atoms with Crippen LogP contribution in [0.2, 0.25) is 0 Å². The molecule has 0 fully saturated rings. The van der Waals surface area contributed by atoms with Crippen molar-refractivity contribution >= 4 is 73.7 Å². The van der Waals surface area contributed by atoms with Gasteiger partial charge in [0, 0.05) is 43.1 Å². The number of para-hydroxylation sites is 2. The third kappa shape index (κ3) is 7.57. The number of ether oxygens (including phenoxy) is 1. The Kier molecular flexibility index (Phi) is 10.7. The zero-order valence-corrected chi connectivity index (χ0v) is 34.1. The van der Waals surface area contributed by atoms with Gasteiger partial charge in [-0.05, 0) is 59.7 Å². The Morgan fingerprint density at radius 2 is 1.28 bits per heavy atom. The highest BCUT2D eigenvalue weighted by Crippen LogP contribution is 2.44. The van der Waals surface area contributed by atoms with Crippen LogP contribution >= 0.6 is 0 Å². The van der Waals surface area contributed by atoms with Crippen molar-refractivity contribution in [3.05, 3.63) is 167 Å². The number of imidazole rings is 1. The zero-order valence-electron chi connectivity index (χ0n) is 34.1. The quantitative estimate of drug-likeness (QED) is 0.0523. The smallest absolute Gasteiger partial charge is 0.363 e. The summed E-state index contributed by atoms with van der Waals surface area (Å²) in [5.41, 5.74) is 7.66. The number of halogens is 3. The molecular weight excluding hydrogens is 826 g/mol. The molecule has 0 atom stereocenters. The van der Waals surface area contributed by atoms with Gasteiger partial charge in [-0.15, -0.1) is 0 Å². The SMILES string of the molecule is CN(c1ccccc1)c1ccc2c(-c3c(F)c(C(=O)NCc4ccc(COc5nc(N)nc6[nH]cnc56)cc4)c(F)c(F)c3C(=O)O)c3ccc(N(C)c4ccccc4)cc3[o+]c2c1. The molecule has 5 N–H and O–H groups in total. The first-order chi connectivity index (χ1) is 31.0. The molecule has 0 aliphatic carbocycles. The third-order valence-electron chi connectivity index (χ3n) is 10.9. The summed E-state index contributed by atoms with van der Waals surface area (Å²) < 4.78 is 61.8. The maximum atomic E-state index is 17.3. The van der Waals surface area contributed by atoms with Crippen LogP contribution in [0.5, 0.6) is 5.88 Å². The number of aromatic carboxylic acids is 1. The lowest BCUT2D eigenvalue weighted by Gasteiger charge is -2.20. The van der Waals surface area contributed by atoms with Crippen molar-refractivity contribution < 1.29 is 37.0 Å². The number of hydrogen-bond acceptors (Lipinski definition) is 9. The number of amides is 1. The highest BCUT2D eigenvalue weighted by atomic mass is 19.2. The summed E-state index contributed by atoms with van der Waals surface area (Å²) in [6, 6.07) is 35.6. The molecule has 3 aromatic heterocycles. The number of fused-ring (bicyclic) bond motifs is 3. The number of aromatic nitrogens is 4. The molecular formula is C48H36F3N8O5+. The van der Waals surface area contributed by atoms with E-state index in [1.54, 1.807) is 60.7 Å². The maximum Gasteiger partial charge on any atom is 0.363 e. The van der Waals surface area contributed by atoms with Crippen molar-refractivity contribution in [2.75, 3.05) is 29.6 Å². The summed E-state index contributed by atoms with van der Waals surface area (Å²) in [5.74, 6) is -8.50. The van der Waals surface area contributed by atoms with Gasteiger partial charge in [-0.2, -0.15) is 9.97 Å². The first-order valence-electron chi connectivity index (χ1n) is 19.8. The van der Waals surface area contributed by atoms with Crippen LogP contribution in [0.3, 0.4) is 0 Å². The van der Waals surface area contributed by atoms with Crippen LogP contribution in [0.25, 0.3) is 44.2 Å². The number of hydrogen-bond donors (Lipinski definition) is 4. The summed E-state index contributed by atoms with van der Waals surface area (Å²) >= 11 is 0. The number of rotatable bonds is 12. The largest absolute Gasteiger partial charge is 0.478 e. The fourth-order valence-electron chi connectivity index (χ4n) is 7.55. The van der Waals surface area contributed by atoms with Crippen molar-refractivity contribution in [2.45, 2.75) is 13.2 Å². The van der Waals surface area contributed by atoms with Crippen LogP contribution in [0.4, 0.5) is 41.9 Å². The fraction of sp³-hybridized carbons (Fsp3) is 0.0833. The third-order valence-corrected chi connectivity index (χ3v) is 10.9. The molecule has 318 valence electrons. The predicted octanol–water partition coefficient (Wildman–Crippen LogP) is 9.94. The monoisotopic (exact) mass is 861 g/mol. The van der Waals surface area contributed by atoms with Crippen LogP contribution in [0, 0.1) is 17.5 Å².